The van der Waals surface area contributed by atoms with Crippen LogP contribution in [0.25, 0.3) is 4.47 Å². The van der Waals surface area contributed by atoms with Gasteiger partial charge in [0.1, 0.15) is 0 Å². The molecular formula is C20H15ClO2SSe. The number of benzene rings is 3. The molecule has 0 amide bonds. The van der Waals surface area contributed by atoms with E-state index in [4.69, 9.17) is 11.6 Å². The van der Waals surface area contributed by atoms with Crippen molar-refractivity contribution in [2.75, 3.05) is 0 Å². The van der Waals surface area contributed by atoms with Gasteiger partial charge in [0.15, 0.2) is 0 Å². The van der Waals surface area contributed by atoms with E-state index in [0.29, 0.717) is 5.02 Å². The van der Waals surface area contributed by atoms with Crippen LogP contribution in [0.2, 0.25) is 5.02 Å². The fourth-order valence-electron chi connectivity index (χ4n) is 2.20. The molecule has 3 aromatic rings. The van der Waals surface area contributed by atoms with E-state index in [1.807, 2.05) is 60.7 Å². The second kappa shape index (κ2) is 8.03. The topological polar surface area (TPSA) is 34.1 Å². The maximum absolute atomic E-state index is 12.8. The van der Waals surface area contributed by atoms with Crippen LogP contribution in [0.5, 0.6) is 0 Å². The first-order valence-corrected chi connectivity index (χ1v) is 11.2. The van der Waals surface area contributed by atoms with E-state index in [1.165, 1.54) is 17.5 Å². The van der Waals surface area contributed by atoms with Crippen LogP contribution in [0.15, 0.2) is 95.2 Å². The van der Waals surface area contributed by atoms with E-state index < -0.39 is 9.84 Å². The number of hydrogen-bond donors (Lipinski definition) is 0. The minimum atomic E-state index is -3.55. The first kappa shape index (κ1) is 18.0. The molecule has 0 atom stereocenters. The Balaban J connectivity index is 2.04. The summed E-state index contributed by atoms with van der Waals surface area (Å²) in [4.78, 5) is 0.245. The summed E-state index contributed by atoms with van der Waals surface area (Å²) in [5.74, 6) is 0. The minimum absolute atomic E-state index is 0.123. The molecular weight excluding hydrogens is 419 g/mol. The van der Waals surface area contributed by atoms with Crippen molar-refractivity contribution in [1.29, 1.82) is 0 Å². The quantitative estimate of drug-likeness (QED) is 0.567. The van der Waals surface area contributed by atoms with Gasteiger partial charge in [0, 0.05) is 0 Å². The van der Waals surface area contributed by atoms with E-state index in [-0.39, 0.29) is 19.9 Å². The molecule has 0 N–H and O–H groups in total. The van der Waals surface area contributed by atoms with Crippen molar-refractivity contribution in [1.82, 2.24) is 0 Å². The first-order chi connectivity index (χ1) is 12.0. The Kier molecular flexibility index (Phi) is 5.77. The summed E-state index contributed by atoms with van der Waals surface area (Å²) < 4.78 is 27.6. The molecule has 0 unspecified atom stereocenters. The predicted octanol–water partition coefficient (Wildman–Crippen LogP) is 4.14. The molecule has 0 radical (unpaired) electrons. The Morgan fingerprint density at radius 3 is 1.96 bits per heavy atom. The zero-order valence-electron chi connectivity index (χ0n) is 13.2. The van der Waals surface area contributed by atoms with Gasteiger partial charge < -0.3 is 0 Å². The summed E-state index contributed by atoms with van der Waals surface area (Å²) in [6, 6.07) is 25.8. The second-order valence-corrected chi connectivity index (χ2v) is 9.84. The zero-order valence-corrected chi connectivity index (χ0v) is 16.5. The Morgan fingerprint density at radius 2 is 1.36 bits per heavy atom. The third-order valence-corrected chi connectivity index (χ3v) is 7.77. The number of hydrogen-bond acceptors (Lipinski definition) is 2. The van der Waals surface area contributed by atoms with E-state index in [2.05, 4.69) is 0 Å². The molecule has 0 aliphatic heterocycles. The van der Waals surface area contributed by atoms with Crippen molar-refractivity contribution in [2.24, 2.45) is 0 Å². The molecule has 0 fully saturated rings. The standard InChI is InChI=1S/C20H15ClO2SSe/c21-17-11-13-18(14-12-17)24(22,23)15-20(16-7-3-1-4-8-16)25-19-9-5-2-6-10-19/h1-15H/b20-15+. The van der Waals surface area contributed by atoms with Gasteiger partial charge in [-0.1, -0.05) is 0 Å². The summed E-state index contributed by atoms with van der Waals surface area (Å²) in [5.41, 5.74) is 0.920. The molecule has 0 aliphatic carbocycles. The van der Waals surface area contributed by atoms with E-state index in [0.717, 1.165) is 14.5 Å². The van der Waals surface area contributed by atoms with Gasteiger partial charge in [-0.05, 0) is 0 Å². The fraction of sp³-hybridized carbons (Fsp3) is 0. The Hall–Kier alpha value is -1.84. The van der Waals surface area contributed by atoms with E-state index in [1.54, 1.807) is 12.1 Å². The van der Waals surface area contributed by atoms with Crippen LogP contribution in [0.3, 0.4) is 0 Å². The maximum atomic E-state index is 12.8. The van der Waals surface area contributed by atoms with Crippen molar-refractivity contribution in [2.45, 2.75) is 4.90 Å². The van der Waals surface area contributed by atoms with Gasteiger partial charge in [-0.3, -0.25) is 0 Å². The molecule has 3 aromatic carbocycles. The Bertz CT molecular complexity index is 967. The van der Waals surface area contributed by atoms with Crippen LogP contribution in [0, 0.1) is 0 Å². The Labute approximate surface area is 159 Å². The van der Waals surface area contributed by atoms with Gasteiger partial charge in [-0.15, -0.1) is 0 Å². The Morgan fingerprint density at radius 1 is 0.800 bits per heavy atom. The molecule has 0 heterocycles. The van der Waals surface area contributed by atoms with Crippen LogP contribution in [-0.2, 0) is 9.84 Å². The average Bonchev–Trinajstić information content (AvgIpc) is 2.63. The second-order valence-electron chi connectivity index (χ2n) is 5.26. The van der Waals surface area contributed by atoms with Crippen molar-refractivity contribution >= 4 is 45.3 Å². The summed E-state index contributed by atoms with van der Waals surface area (Å²) in [5, 5.41) is 1.90. The van der Waals surface area contributed by atoms with E-state index in [9.17, 15) is 8.42 Å². The van der Waals surface area contributed by atoms with Gasteiger partial charge in [-0.2, -0.15) is 0 Å². The molecule has 3 rings (SSSR count). The van der Waals surface area contributed by atoms with Crippen LogP contribution >= 0.6 is 11.6 Å². The molecule has 0 spiro atoms. The van der Waals surface area contributed by atoms with Crippen molar-refractivity contribution in [3.05, 3.63) is 101 Å². The molecule has 0 bridgehead atoms. The van der Waals surface area contributed by atoms with Crippen LogP contribution in [-0.4, -0.2) is 23.4 Å². The molecule has 5 heteroatoms. The summed E-state index contributed by atoms with van der Waals surface area (Å²) >= 11 is 5.74. The molecule has 0 saturated heterocycles. The van der Waals surface area contributed by atoms with Gasteiger partial charge in [0.05, 0.1) is 0 Å². The van der Waals surface area contributed by atoms with Gasteiger partial charge >= 0.3 is 160 Å². The summed E-state index contributed by atoms with van der Waals surface area (Å²) in [7, 11) is -3.55. The molecule has 0 aliphatic rings. The van der Waals surface area contributed by atoms with Crippen LogP contribution < -0.4 is 4.46 Å². The SMILES string of the molecule is O=S(=O)(/C=C(/[Se]c1ccccc1)c1ccccc1)c1ccc(Cl)cc1. The van der Waals surface area contributed by atoms with Crippen molar-refractivity contribution in [3.63, 3.8) is 0 Å². The van der Waals surface area contributed by atoms with Gasteiger partial charge in [-0.25, -0.2) is 0 Å². The number of sulfone groups is 1. The molecule has 2 nitrogen and oxygen atoms in total. The third-order valence-electron chi connectivity index (χ3n) is 3.43. The van der Waals surface area contributed by atoms with Crippen LogP contribution in [0.4, 0.5) is 0 Å². The molecule has 0 aromatic heterocycles. The van der Waals surface area contributed by atoms with Gasteiger partial charge in [0.2, 0.25) is 0 Å². The first-order valence-electron chi connectivity index (χ1n) is 7.55. The monoisotopic (exact) mass is 434 g/mol. The van der Waals surface area contributed by atoms with Gasteiger partial charge in [0.25, 0.3) is 0 Å². The van der Waals surface area contributed by atoms with Crippen molar-refractivity contribution < 1.29 is 8.42 Å². The number of halogens is 1. The molecule has 0 saturated carbocycles. The average molecular weight is 434 g/mol. The summed E-state index contributed by atoms with van der Waals surface area (Å²) in [6.45, 7) is 0. The predicted molar refractivity (Wildman–Crippen MR) is 105 cm³/mol. The number of rotatable bonds is 5. The fourth-order valence-corrected chi connectivity index (χ4v) is 6.23. The zero-order chi connectivity index (χ0) is 17.7. The van der Waals surface area contributed by atoms with E-state index >= 15 is 0 Å². The third kappa shape index (κ3) is 4.83. The normalized spacial score (nSPS) is 12.1. The van der Waals surface area contributed by atoms with Crippen molar-refractivity contribution in [3.8, 4) is 0 Å². The molecule has 126 valence electrons. The molecule has 25 heavy (non-hydrogen) atoms. The summed E-state index contributed by atoms with van der Waals surface area (Å²) in [6.07, 6.45) is 0. The van der Waals surface area contributed by atoms with Crippen LogP contribution in [0.1, 0.15) is 5.56 Å².